The Hall–Kier alpha value is -2.73. The van der Waals surface area contributed by atoms with Crippen LogP contribution >= 0.6 is 0 Å². The Balaban J connectivity index is 1.39. The number of aromatic amines is 1. The first-order valence-electron chi connectivity index (χ1n) is 10.6. The van der Waals surface area contributed by atoms with Crippen molar-refractivity contribution in [1.82, 2.24) is 24.4 Å². The first kappa shape index (κ1) is 18.3. The molecule has 1 aliphatic heterocycles. The van der Waals surface area contributed by atoms with Crippen LogP contribution in [0.15, 0.2) is 47.7 Å². The van der Waals surface area contributed by atoms with Gasteiger partial charge in [-0.2, -0.15) is 0 Å². The highest BCUT2D eigenvalue weighted by Crippen LogP contribution is 2.44. The van der Waals surface area contributed by atoms with Crippen molar-refractivity contribution in [3.05, 3.63) is 70.2 Å². The molecule has 2 aliphatic rings. The van der Waals surface area contributed by atoms with Crippen molar-refractivity contribution in [1.29, 1.82) is 0 Å². The SMILES string of the molecule is CCn1cncc1CN1CCC2(CCc3c2nc(-c2ccccc2)[nH]c3=O)CC1. The summed E-state index contributed by atoms with van der Waals surface area (Å²) < 4.78 is 2.21. The fourth-order valence-corrected chi connectivity index (χ4v) is 5.00. The number of hydrogen-bond donors (Lipinski definition) is 1. The minimum absolute atomic E-state index is 0.0417. The molecule has 0 saturated carbocycles. The van der Waals surface area contributed by atoms with Gasteiger partial charge in [-0.3, -0.25) is 9.69 Å². The van der Waals surface area contributed by atoms with E-state index in [9.17, 15) is 4.79 Å². The van der Waals surface area contributed by atoms with Crippen molar-refractivity contribution in [2.24, 2.45) is 0 Å². The third-order valence-corrected chi connectivity index (χ3v) is 6.76. The number of nitrogens with zero attached hydrogens (tertiary/aromatic N) is 4. The lowest BCUT2D eigenvalue weighted by Gasteiger charge is -2.39. The Morgan fingerprint density at radius 2 is 1.93 bits per heavy atom. The first-order chi connectivity index (χ1) is 14.2. The van der Waals surface area contributed by atoms with Crippen LogP contribution in [0.5, 0.6) is 0 Å². The van der Waals surface area contributed by atoms with Crippen molar-refractivity contribution in [3.8, 4) is 11.4 Å². The summed E-state index contributed by atoms with van der Waals surface area (Å²) in [4.78, 5) is 27.6. The van der Waals surface area contributed by atoms with Crippen molar-refractivity contribution >= 4 is 0 Å². The van der Waals surface area contributed by atoms with Crippen LogP contribution in [0.25, 0.3) is 11.4 Å². The summed E-state index contributed by atoms with van der Waals surface area (Å²) in [5.41, 5.74) is 4.30. The number of hydrogen-bond acceptors (Lipinski definition) is 4. The van der Waals surface area contributed by atoms with E-state index in [1.54, 1.807) is 0 Å². The third-order valence-electron chi connectivity index (χ3n) is 6.76. The van der Waals surface area contributed by atoms with E-state index < -0.39 is 0 Å². The van der Waals surface area contributed by atoms with Crippen LogP contribution in [0, 0.1) is 0 Å². The summed E-state index contributed by atoms with van der Waals surface area (Å²) in [6.45, 7) is 6.11. The average Bonchev–Trinajstić information content (AvgIpc) is 3.35. The highest BCUT2D eigenvalue weighted by molar-refractivity contribution is 5.55. The summed E-state index contributed by atoms with van der Waals surface area (Å²) in [6.07, 6.45) is 7.89. The lowest BCUT2D eigenvalue weighted by atomic mass is 9.76. The molecule has 150 valence electrons. The number of benzene rings is 1. The molecule has 1 fully saturated rings. The lowest BCUT2D eigenvalue weighted by molar-refractivity contribution is 0.147. The predicted octanol–water partition coefficient (Wildman–Crippen LogP) is 3.13. The van der Waals surface area contributed by atoms with Gasteiger partial charge >= 0.3 is 0 Å². The molecule has 1 saturated heterocycles. The molecular weight excluding hydrogens is 362 g/mol. The third kappa shape index (κ3) is 3.21. The van der Waals surface area contributed by atoms with E-state index in [1.807, 2.05) is 42.9 Å². The summed E-state index contributed by atoms with van der Waals surface area (Å²) in [5.74, 6) is 0.699. The van der Waals surface area contributed by atoms with Gasteiger partial charge in [0.1, 0.15) is 5.82 Å². The van der Waals surface area contributed by atoms with E-state index in [4.69, 9.17) is 4.98 Å². The van der Waals surface area contributed by atoms with Crippen LogP contribution < -0.4 is 5.56 Å². The Morgan fingerprint density at radius 1 is 1.14 bits per heavy atom. The van der Waals surface area contributed by atoms with Gasteiger partial charge in [0.05, 0.1) is 17.7 Å². The number of aryl methyl sites for hydroxylation is 1. The molecule has 1 aromatic carbocycles. The summed E-state index contributed by atoms with van der Waals surface area (Å²) in [5, 5.41) is 0. The van der Waals surface area contributed by atoms with Gasteiger partial charge in [-0.1, -0.05) is 30.3 Å². The average molecular weight is 390 g/mol. The molecule has 6 nitrogen and oxygen atoms in total. The van der Waals surface area contributed by atoms with Gasteiger partial charge in [-0.15, -0.1) is 0 Å². The quantitative estimate of drug-likeness (QED) is 0.744. The summed E-state index contributed by atoms with van der Waals surface area (Å²) in [6, 6.07) is 9.96. The Kier molecular flexibility index (Phi) is 4.59. The number of fused-ring (bicyclic) bond motifs is 2. The topological polar surface area (TPSA) is 66.8 Å². The number of nitrogens with one attached hydrogen (secondary N) is 1. The number of piperidine rings is 1. The molecule has 0 unspecified atom stereocenters. The van der Waals surface area contributed by atoms with Crippen LogP contribution in [0.2, 0.25) is 0 Å². The second-order valence-electron chi connectivity index (χ2n) is 8.34. The fraction of sp³-hybridized carbons (Fsp3) is 0.435. The molecule has 1 aliphatic carbocycles. The standard InChI is InChI=1S/C23H27N5O/c1-2-28-16-24-14-18(28)15-27-12-10-23(11-13-27)9-8-19-20(23)25-21(26-22(19)29)17-6-4-3-5-7-17/h3-7,14,16H,2,8-13,15H2,1H3,(H,25,26,29). The van der Waals surface area contributed by atoms with Crippen LogP contribution in [-0.4, -0.2) is 37.5 Å². The van der Waals surface area contributed by atoms with E-state index in [1.165, 1.54) is 5.69 Å². The molecular formula is C23H27N5O. The minimum atomic E-state index is 0.0417. The van der Waals surface area contributed by atoms with Gasteiger partial charge in [0, 0.05) is 35.8 Å². The zero-order valence-corrected chi connectivity index (χ0v) is 16.9. The lowest BCUT2D eigenvalue weighted by Crippen LogP contribution is -2.42. The second-order valence-corrected chi connectivity index (χ2v) is 8.34. The summed E-state index contributed by atoms with van der Waals surface area (Å²) in [7, 11) is 0. The zero-order chi connectivity index (χ0) is 19.8. The monoisotopic (exact) mass is 389 g/mol. The largest absolute Gasteiger partial charge is 0.334 e. The number of aromatic nitrogens is 4. The van der Waals surface area contributed by atoms with E-state index in [0.29, 0.717) is 5.82 Å². The van der Waals surface area contributed by atoms with Crippen LogP contribution in [-0.2, 0) is 24.9 Å². The van der Waals surface area contributed by atoms with E-state index >= 15 is 0 Å². The Labute approximate surface area is 170 Å². The maximum atomic E-state index is 12.8. The van der Waals surface area contributed by atoms with Crippen molar-refractivity contribution in [2.75, 3.05) is 13.1 Å². The molecule has 1 spiro atoms. The fourth-order valence-electron chi connectivity index (χ4n) is 5.00. The van der Waals surface area contributed by atoms with E-state index in [2.05, 4.69) is 26.4 Å². The van der Waals surface area contributed by atoms with E-state index in [0.717, 1.165) is 68.7 Å². The molecule has 3 heterocycles. The molecule has 1 N–H and O–H groups in total. The van der Waals surface area contributed by atoms with Gasteiger partial charge in [0.15, 0.2) is 0 Å². The van der Waals surface area contributed by atoms with Crippen molar-refractivity contribution in [3.63, 3.8) is 0 Å². The maximum absolute atomic E-state index is 12.8. The minimum Gasteiger partial charge on any atom is -0.334 e. The van der Waals surface area contributed by atoms with E-state index in [-0.39, 0.29) is 11.0 Å². The normalized spacial score (nSPS) is 18.2. The molecule has 3 aromatic rings. The highest BCUT2D eigenvalue weighted by atomic mass is 16.1. The second kappa shape index (κ2) is 7.26. The summed E-state index contributed by atoms with van der Waals surface area (Å²) >= 11 is 0. The van der Waals surface area contributed by atoms with Crippen molar-refractivity contribution < 1.29 is 0 Å². The first-order valence-corrected chi connectivity index (χ1v) is 10.6. The number of likely N-dealkylation sites (tertiary alicyclic amines) is 1. The van der Waals surface area contributed by atoms with Gasteiger partial charge in [-0.05, 0) is 45.7 Å². The molecule has 0 radical (unpaired) electrons. The van der Waals surface area contributed by atoms with Gasteiger partial charge in [0.25, 0.3) is 5.56 Å². The number of H-pyrrole nitrogens is 1. The maximum Gasteiger partial charge on any atom is 0.254 e. The zero-order valence-electron chi connectivity index (χ0n) is 16.9. The number of imidazole rings is 1. The van der Waals surface area contributed by atoms with Crippen LogP contribution in [0.3, 0.4) is 0 Å². The van der Waals surface area contributed by atoms with Crippen LogP contribution in [0.1, 0.15) is 43.1 Å². The van der Waals surface area contributed by atoms with Crippen LogP contribution in [0.4, 0.5) is 0 Å². The van der Waals surface area contributed by atoms with Crippen molar-refractivity contribution in [2.45, 2.75) is 51.1 Å². The molecule has 0 bridgehead atoms. The Morgan fingerprint density at radius 3 is 2.69 bits per heavy atom. The molecule has 0 atom stereocenters. The highest BCUT2D eigenvalue weighted by Gasteiger charge is 2.44. The predicted molar refractivity (Wildman–Crippen MR) is 113 cm³/mol. The van der Waals surface area contributed by atoms with Gasteiger partial charge in [0.2, 0.25) is 0 Å². The molecule has 2 aromatic heterocycles. The Bertz CT molecular complexity index is 1060. The van der Waals surface area contributed by atoms with Gasteiger partial charge in [-0.25, -0.2) is 9.97 Å². The molecule has 29 heavy (non-hydrogen) atoms. The number of rotatable bonds is 4. The molecule has 0 amide bonds. The molecule has 6 heteroatoms. The molecule has 5 rings (SSSR count). The smallest absolute Gasteiger partial charge is 0.254 e. The van der Waals surface area contributed by atoms with Gasteiger partial charge < -0.3 is 9.55 Å².